The summed E-state index contributed by atoms with van der Waals surface area (Å²) in [6, 6.07) is 1.26. The number of hydrogen-bond donors (Lipinski definition) is 3. The van der Waals surface area contributed by atoms with E-state index in [-0.39, 0.29) is 21.4 Å². The van der Waals surface area contributed by atoms with Crippen LogP contribution in [0, 0.1) is 0 Å². The lowest BCUT2D eigenvalue weighted by Crippen LogP contribution is -2.21. The zero-order chi connectivity index (χ0) is 10.9. The predicted molar refractivity (Wildman–Crippen MR) is 52.7 cm³/mol. The molecule has 0 aromatic heterocycles. The van der Waals surface area contributed by atoms with Gasteiger partial charge in [-0.2, -0.15) is 0 Å². The van der Waals surface area contributed by atoms with Crippen molar-refractivity contribution in [3.05, 3.63) is 27.7 Å². The van der Waals surface area contributed by atoms with Crippen LogP contribution in [0.3, 0.4) is 0 Å². The molecule has 0 aliphatic rings. The summed E-state index contributed by atoms with van der Waals surface area (Å²) in [6.45, 7) is 0. The minimum Gasteiger partial charge on any atom is -0.506 e. The Balaban J connectivity index is 3.32. The minimum absolute atomic E-state index is 0.0147. The van der Waals surface area contributed by atoms with Crippen LogP contribution in [-0.2, 0) is 4.79 Å². The maximum Gasteiger partial charge on any atom is 0.325 e. The van der Waals surface area contributed by atoms with Crippen molar-refractivity contribution in [3.63, 3.8) is 0 Å². The summed E-state index contributed by atoms with van der Waals surface area (Å²) in [5.74, 6) is -1.51. The summed E-state index contributed by atoms with van der Waals surface area (Å²) >= 11 is 11.4. The standard InChI is InChI=1S/C8H7Cl2NO3/c9-3-1-2-4(12)6(10)5(3)7(11)8(13)14/h1-2,7,12H,11H2,(H,13,14). The van der Waals surface area contributed by atoms with E-state index in [1.54, 1.807) is 0 Å². The number of phenols is 1. The second-order valence-corrected chi connectivity index (χ2v) is 3.40. The number of halogens is 2. The van der Waals surface area contributed by atoms with E-state index in [4.69, 9.17) is 34.0 Å². The van der Waals surface area contributed by atoms with E-state index in [0.717, 1.165) is 0 Å². The highest BCUT2D eigenvalue weighted by Crippen LogP contribution is 2.35. The van der Waals surface area contributed by atoms with E-state index in [1.807, 2.05) is 0 Å². The summed E-state index contributed by atoms with van der Waals surface area (Å²) in [7, 11) is 0. The number of carbonyl (C=O) groups is 1. The van der Waals surface area contributed by atoms with Gasteiger partial charge in [-0.05, 0) is 12.1 Å². The van der Waals surface area contributed by atoms with Gasteiger partial charge in [-0.15, -0.1) is 0 Å². The molecule has 0 heterocycles. The van der Waals surface area contributed by atoms with Crippen LogP contribution in [0.15, 0.2) is 12.1 Å². The van der Waals surface area contributed by atoms with Gasteiger partial charge in [0, 0.05) is 10.6 Å². The normalized spacial score (nSPS) is 12.5. The smallest absolute Gasteiger partial charge is 0.325 e. The number of carboxylic acids is 1. The third kappa shape index (κ3) is 1.92. The van der Waals surface area contributed by atoms with E-state index in [0.29, 0.717) is 0 Å². The topological polar surface area (TPSA) is 83.6 Å². The number of nitrogens with two attached hydrogens (primary N) is 1. The van der Waals surface area contributed by atoms with E-state index in [9.17, 15) is 9.90 Å². The quantitative estimate of drug-likeness (QED) is 0.730. The Morgan fingerprint density at radius 2 is 2.00 bits per heavy atom. The van der Waals surface area contributed by atoms with Crippen molar-refractivity contribution in [3.8, 4) is 5.75 Å². The Morgan fingerprint density at radius 3 is 2.50 bits per heavy atom. The van der Waals surface area contributed by atoms with Gasteiger partial charge in [0.15, 0.2) is 0 Å². The summed E-state index contributed by atoms with van der Waals surface area (Å²) in [5.41, 5.74) is 5.34. The number of aliphatic carboxylic acids is 1. The van der Waals surface area contributed by atoms with Gasteiger partial charge in [-0.3, -0.25) is 4.79 Å². The van der Waals surface area contributed by atoms with Crippen molar-refractivity contribution in [1.29, 1.82) is 0 Å². The Kier molecular flexibility index (Phi) is 3.21. The van der Waals surface area contributed by atoms with E-state index >= 15 is 0 Å². The monoisotopic (exact) mass is 235 g/mol. The molecule has 0 radical (unpaired) electrons. The lowest BCUT2D eigenvalue weighted by atomic mass is 10.1. The first-order chi connectivity index (χ1) is 6.45. The Bertz CT molecular complexity index is 381. The van der Waals surface area contributed by atoms with Gasteiger partial charge in [0.25, 0.3) is 0 Å². The fourth-order valence-electron chi connectivity index (χ4n) is 0.966. The molecule has 0 aliphatic heterocycles. The van der Waals surface area contributed by atoms with Gasteiger partial charge in [0.1, 0.15) is 11.8 Å². The fourth-order valence-corrected chi connectivity index (χ4v) is 1.57. The first-order valence-electron chi connectivity index (χ1n) is 3.60. The largest absolute Gasteiger partial charge is 0.506 e. The van der Waals surface area contributed by atoms with Crippen molar-refractivity contribution in [2.45, 2.75) is 6.04 Å². The number of rotatable bonds is 2. The molecule has 1 atom stereocenters. The van der Waals surface area contributed by atoms with Crippen molar-refractivity contribution < 1.29 is 15.0 Å². The van der Waals surface area contributed by atoms with E-state index in [1.165, 1.54) is 12.1 Å². The molecular formula is C8H7Cl2NO3. The summed E-state index contributed by atoms with van der Waals surface area (Å²) in [6.07, 6.45) is 0. The van der Waals surface area contributed by atoms with E-state index in [2.05, 4.69) is 0 Å². The first kappa shape index (κ1) is 11.1. The van der Waals surface area contributed by atoms with Gasteiger partial charge in [-0.1, -0.05) is 23.2 Å². The molecule has 0 saturated carbocycles. The molecule has 1 aromatic carbocycles. The highest BCUT2D eigenvalue weighted by atomic mass is 35.5. The van der Waals surface area contributed by atoms with Crippen LogP contribution in [0.4, 0.5) is 0 Å². The number of hydrogen-bond acceptors (Lipinski definition) is 3. The van der Waals surface area contributed by atoms with Crippen molar-refractivity contribution in [2.24, 2.45) is 5.73 Å². The van der Waals surface area contributed by atoms with Gasteiger partial charge >= 0.3 is 5.97 Å². The summed E-state index contributed by atoms with van der Waals surface area (Å²) in [5, 5.41) is 17.8. The summed E-state index contributed by atoms with van der Waals surface area (Å²) < 4.78 is 0. The Hall–Kier alpha value is -0.970. The lowest BCUT2D eigenvalue weighted by Gasteiger charge is -2.11. The summed E-state index contributed by atoms with van der Waals surface area (Å²) in [4.78, 5) is 10.6. The van der Waals surface area contributed by atoms with Crippen LogP contribution in [0.25, 0.3) is 0 Å². The molecule has 0 saturated heterocycles. The average Bonchev–Trinajstić information content (AvgIpc) is 2.12. The second-order valence-electron chi connectivity index (χ2n) is 2.61. The second kappa shape index (κ2) is 4.04. The molecule has 0 aliphatic carbocycles. The zero-order valence-corrected chi connectivity index (χ0v) is 8.38. The lowest BCUT2D eigenvalue weighted by molar-refractivity contribution is -0.138. The average molecular weight is 236 g/mol. The van der Waals surface area contributed by atoms with Crippen LogP contribution < -0.4 is 5.73 Å². The van der Waals surface area contributed by atoms with Crippen molar-refractivity contribution in [2.75, 3.05) is 0 Å². The first-order valence-corrected chi connectivity index (χ1v) is 4.36. The highest BCUT2D eigenvalue weighted by molar-refractivity contribution is 6.37. The molecule has 1 rings (SSSR count). The molecule has 0 spiro atoms. The van der Waals surface area contributed by atoms with Crippen LogP contribution in [-0.4, -0.2) is 16.2 Å². The van der Waals surface area contributed by atoms with Crippen molar-refractivity contribution in [1.82, 2.24) is 0 Å². The predicted octanol–water partition coefficient (Wildman–Crippen LogP) is 1.78. The zero-order valence-electron chi connectivity index (χ0n) is 6.87. The molecule has 0 amide bonds. The van der Waals surface area contributed by atoms with Gasteiger partial charge < -0.3 is 15.9 Å². The van der Waals surface area contributed by atoms with Crippen LogP contribution in [0.2, 0.25) is 10.0 Å². The van der Waals surface area contributed by atoms with E-state index < -0.39 is 12.0 Å². The van der Waals surface area contributed by atoms with Gasteiger partial charge in [0.2, 0.25) is 0 Å². The van der Waals surface area contributed by atoms with Gasteiger partial charge in [0.05, 0.1) is 5.02 Å². The molecule has 0 fully saturated rings. The third-order valence-corrected chi connectivity index (χ3v) is 2.41. The number of aromatic hydroxyl groups is 1. The molecule has 6 heteroatoms. The van der Waals surface area contributed by atoms with Gasteiger partial charge in [-0.25, -0.2) is 0 Å². The maximum atomic E-state index is 10.6. The maximum absolute atomic E-state index is 10.6. The Labute approximate surface area is 89.9 Å². The van der Waals surface area contributed by atoms with Crippen LogP contribution in [0.5, 0.6) is 5.75 Å². The number of phenolic OH excluding ortho intramolecular Hbond substituents is 1. The molecule has 1 unspecified atom stereocenters. The molecule has 76 valence electrons. The fraction of sp³-hybridized carbons (Fsp3) is 0.125. The molecule has 1 aromatic rings. The molecule has 4 N–H and O–H groups in total. The molecular weight excluding hydrogens is 229 g/mol. The number of carboxylic acid groups (broad SMARTS) is 1. The minimum atomic E-state index is -1.35. The SMILES string of the molecule is NC(C(=O)O)c1c(Cl)ccc(O)c1Cl. The Morgan fingerprint density at radius 1 is 1.43 bits per heavy atom. The molecule has 0 bridgehead atoms. The number of benzene rings is 1. The van der Waals surface area contributed by atoms with Crippen LogP contribution in [0.1, 0.15) is 11.6 Å². The third-order valence-electron chi connectivity index (χ3n) is 1.68. The highest BCUT2D eigenvalue weighted by Gasteiger charge is 2.22. The molecule has 4 nitrogen and oxygen atoms in total. The van der Waals surface area contributed by atoms with Crippen LogP contribution >= 0.6 is 23.2 Å². The molecule has 14 heavy (non-hydrogen) atoms. The van der Waals surface area contributed by atoms with Crippen molar-refractivity contribution >= 4 is 29.2 Å².